The molecule has 0 aliphatic heterocycles. The van der Waals surface area contributed by atoms with Crippen molar-refractivity contribution in [3.05, 3.63) is 41.7 Å². The molecular weight excluding hydrogens is 382 g/mol. The number of benzene rings is 1. The molecule has 1 aliphatic rings. The summed E-state index contributed by atoms with van der Waals surface area (Å²) < 4.78 is 52.0. The maximum absolute atomic E-state index is 13.0. The normalized spacial score (nSPS) is 19.3. The molecule has 0 bridgehead atoms. The van der Waals surface area contributed by atoms with Gasteiger partial charge in [0.25, 0.3) is 0 Å². The number of pyridine rings is 1. The lowest BCUT2D eigenvalue weighted by Crippen LogP contribution is -2.14. The highest BCUT2D eigenvalue weighted by atomic mass is 32.1. The van der Waals surface area contributed by atoms with Crippen LogP contribution in [0.25, 0.3) is 21.3 Å². The Morgan fingerprint density at radius 1 is 1.30 bits per heavy atom. The van der Waals surface area contributed by atoms with Crippen molar-refractivity contribution in [2.75, 3.05) is 5.32 Å². The fraction of sp³-hybridized carbons (Fsp3) is 0.278. The Bertz CT molecular complexity index is 1050. The summed E-state index contributed by atoms with van der Waals surface area (Å²) in [6.45, 7) is 1.60. The molecule has 1 aromatic carbocycles. The maximum Gasteiger partial charge on any atom is 0.433 e. The maximum atomic E-state index is 13.0. The molecule has 3 aromatic rings. The van der Waals surface area contributed by atoms with E-state index in [4.69, 9.17) is 0 Å². The molecule has 0 unspecified atom stereocenters. The summed E-state index contributed by atoms with van der Waals surface area (Å²) in [6.07, 6.45) is -4.13. The second kappa shape index (κ2) is 6.26. The lowest BCUT2D eigenvalue weighted by molar-refractivity contribution is -0.141. The number of fused-ring (bicyclic) bond motifs is 1. The summed E-state index contributed by atoms with van der Waals surface area (Å²) in [7, 11) is 0. The minimum absolute atomic E-state index is 0.237. The van der Waals surface area contributed by atoms with Gasteiger partial charge < -0.3 is 5.32 Å². The predicted octanol–water partition coefficient (Wildman–Crippen LogP) is 4.98. The van der Waals surface area contributed by atoms with E-state index in [-0.39, 0.29) is 12.3 Å². The molecule has 2 aromatic heterocycles. The second-order valence-electron chi connectivity index (χ2n) is 6.43. The van der Waals surface area contributed by atoms with Crippen LogP contribution in [0, 0.1) is 12.8 Å². The molecular formula is C18H13F4N3OS. The average molecular weight is 395 g/mol. The van der Waals surface area contributed by atoms with Crippen molar-refractivity contribution in [2.45, 2.75) is 25.7 Å². The quantitative estimate of drug-likeness (QED) is 0.636. The smallest absolute Gasteiger partial charge is 0.302 e. The van der Waals surface area contributed by atoms with Gasteiger partial charge in [0.15, 0.2) is 5.13 Å². The van der Waals surface area contributed by atoms with Gasteiger partial charge in [-0.1, -0.05) is 17.4 Å². The number of halogens is 4. The SMILES string of the molecule is Cc1cc(C(F)(F)F)ncc1-c1ccc2nc(NC(=O)[C@@H]3C[C@@H]3F)sc2c1. The van der Waals surface area contributed by atoms with E-state index in [9.17, 15) is 22.4 Å². The van der Waals surface area contributed by atoms with Crippen molar-refractivity contribution in [1.29, 1.82) is 0 Å². The third kappa shape index (κ3) is 3.51. The number of hydrogen-bond donors (Lipinski definition) is 1. The zero-order valence-electron chi connectivity index (χ0n) is 14.0. The third-order valence-electron chi connectivity index (χ3n) is 4.38. The number of alkyl halides is 4. The van der Waals surface area contributed by atoms with Crippen LogP contribution in [0.15, 0.2) is 30.5 Å². The summed E-state index contributed by atoms with van der Waals surface area (Å²) in [5, 5.41) is 2.98. The van der Waals surface area contributed by atoms with Gasteiger partial charge in [0.2, 0.25) is 5.91 Å². The van der Waals surface area contributed by atoms with Gasteiger partial charge in [0.05, 0.1) is 16.1 Å². The number of amides is 1. The molecule has 1 saturated carbocycles. The van der Waals surface area contributed by atoms with E-state index in [1.807, 2.05) is 0 Å². The van der Waals surface area contributed by atoms with Crippen LogP contribution in [0.2, 0.25) is 0 Å². The average Bonchev–Trinajstić information content (AvgIpc) is 3.19. The van der Waals surface area contributed by atoms with Gasteiger partial charge in [0, 0.05) is 11.8 Å². The highest BCUT2D eigenvalue weighted by Crippen LogP contribution is 2.37. The molecule has 2 atom stereocenters. The lowest BCUT2D eigenvalue weighted by Gasteiger charge is -2.10. The van der Waals surface area contributed by atoms with Crippen LogP contribution in [0.4, 0.5) is 22.7 Å². The topological polar surface area (TPSA) is 54.9 Å². The molecule has 0 saturated heterocycles. The number of thiazole rings is 1. The summed E-state index contributed by atoms with van der Waals surface area (Å²) in [6, 6.07) is 6.27. The largest absolute Gasteiger partial charge is 0.433 e. The highest BCUT2D eigenvalue weighted by Gasteiger charge is 2.43. The van der Waals surface area contributed by atoms with Gasteiger partial charge >= 0.3 is 6.18 Å². The predicted molar refractivity (Wildman–Crippen MR) is 94.2 cm³/mol. The fourth-order valence-electron chi connectivity index (χ4n) is 2.79. The van der Waals surface area contributed by atoms with E-state index in [0.29, 0.717) is 27.3 Å². The van der Waals surface area contributed by atoms with Crippen molar-refractivity contribution in [2.24, 2.45) is 5.92 Å². The van der Waals surface area contributed by atoms with Crippen LogP contribution in [0.1, 0.15) is 17.7 Å². The number of aromatic nitrogens is 2. The Balaban J connectivity index is 1.63. The molecule has 1 amide bonds. The highest BCUT2D eigenvalue weighted by molar-refractivity contribution is 7.22. The molecule has 4 rings (SSSR count). The van der Waals surface area contributed by atoms with Gasteiger partial charge in [-0.2, -0.15) is 13.2 Å². The summed E-state index contributed by atoms with van der Waals surface area (Å²) >= 11 is 1.23. The van der Waals surface area contributed by atoms with E-state index in [2.05, 4.69) is 15.3 Å². The molecule has 1 N–H and O–H groups in total. The fourth-order valence-corrected chi connectivity index (χ4v) is 3.70. The Hall–Kier alpha value is -2.55. The molecule has 140 valence electrons. The van der Waals surface area contributed by atoms with E-state index in [1.54, 1.807) is 25.1 Å². The monoisotopic (exact) mass is 395 g/mol. The van der Waals surface area contributed by atoms with Gasteiger partial charge in [-0.25, -0.2) is 9.37 Å². The van der Waals surface area contributed by atoms with E-state index in [0.717, 1.165) is 10.8 Å². The van der Waals surface area contributed by atoms with E-state index in [1.165, 1.54) is 17.5 Å². The molecule has 1 aliphatic carbocycles. The second-order valence-corrected chi connectivity index (χ2v) is 7.46. The number of nitrogens with one attached hydrogen (secondary N) is 1. The number of hydrogen-bond acceptors (Lipinski definition) is 4. The number of anilines is 1. The molecule has 27 heavy (non-hydrogen) atoms. The number of rotatable bonds is 3. The first-order valence-electron chi connectivity index (χ1n) is 8.12. The van der Waals surface area contributed by atoms with Gasteiger partial charge in [-0.3, -0.25) is 9.78 Å². The van der Waals surface area contributed by atoms with Crippen molar-refractivity contribution in [1.82, 2.24) is 9.97 Å². The molecule has 1 fully saturated rings. The minimum atomic E-state index is -4.49. The molecule has 4 nitrogen and oxygen atoms in total. The summed E-state index contributed by atoms with van der Waals surface area (Å²) in [5.74, 6) is -0.988. The van der Waals surface area contributed by atoms with Gasteiger partial charge in [-0.15, -0.1) is 0 Å². The molecule has 0 spiro atoms. The minimum Gasteiger partial charge on any atom is -0.302 e. The van der Waals surface area contributed by atoms with Crippen LogP contribution in [-0.2, 0) is 11.0 Å². The van der Waals surface area contributed by atoms with Crippen LogP contribution in [0.5, 0.6) is 0 Å². The third-order valence-corrected chi connectivity index (χ3v) is 5.31. The summed E-state index contributed by atoms with van der Waals surface area (Å²) in [4.78, 5) is 19.6. The Morgan fingerprint density at radius 3 is 2.67 bits per heavy atom. The number of nitrogens with zero attached hydrogens (tertiary/aromatic N) is 2. The number of carbonyl (C=O) groups is 1. The molecule has 2 heterocycles. The van der Waals surface area contributed by atoms with Crippen molar-refractivity contribution >= 4 is 32.6 Å². The Kier molecular flexibility index (Phi) is 4.14. The zero-order valence-corrected chi connectivity index (χ0v) is 14.8. The Morgan fingerprint density at radius 2 is 2.04 bits per heavy atom. The van der Waals surface area contributed by atoms with Crippen LogP contribution in [-0.4, -0.2) is 22.0 Å². The standard InChI is InChI=1S/C18H13F4N3OS/c1-8-4-15(18(20,21)22)23-7-11(8)9-2-3-13-14(5-9)27-17(24-13)25-16(26)10-6-12(10)19/h2-5,7,10,12H,6H2,1H3,(H,24,25,26)/t10-,12+/m1/s1. The van der Waals surface area contributed by atoms with Crippen LogP contribution >= 0.6 is 11.3 Å². The molecule has 0 radical (unpaired) electrons. The van der Waals surface area contributed by atoms with Gasteiger partial charge in [-0.05, 0) is 42.7 Å². The zero-order chi connectivity index (χ0) is 19.3. The lowest BCUT2D eigenvalue weighted by atomic mass is 10.0. The van der Waals surface area contributed by atoms with Crippen LogP contribution in [0.3, 0.4) is 0 Å². The first kappa shape index (κ1) is 17.8. The van der Waals surface area contributed by atoms with E-state index >= 15 is 0 Å². The first-order chi connectivity index (χ1) is 12.7. The Labute approximate surface area is 155 Å². The number of aryl methyl sites for hydroxylation is 1. The van der Waals surface area contributed by atoms with E-state index < -0.39 is 24.0 Å². The van der Waals surface area contributed by atoms with Crippen molar-refractivity contribution < 1.29 is 22.4 Å². The first-order valence-corrected chi connectivity index (χ1v) is 8.94. The van der Waals surface area contributed by atoms with Gasteiger partial charge in [0.1, 0.15) is 11.9 Å². The molecule has 9 heteroatoms. The summed E-state index contributed by atoms with van der Waals surface area (Å²) in [5.41, 5.74) is 1.45. The number of carbonyl (C=O) groups excluding carboxylic acids is 1. The van der Waals surface area contributed by atoms with Crippen LogP contribution < -0.4 is 5.32 Å². The van der Waals surface area contributed by atoms with Crippen molar-refractivity contribution in [3.63, 3.8) is 0 Å². The van der Waals surface area contributed by atoms with Crippen molar-refractivity contribution in [3.8, 4) is 11.1 Å².